The van der Waals surface area contributed by atoms with Crippen LogP contribution in [0, 0.1) is 11.6 Å². The molecule has 0 saturated carbocycles. The molecule has 4 heteroatoms. The first-order chi connectivity index (χ1) is 7.28. The molecule has 0 aliphatic carbocycles. The summed E-state index contributed by atoms with van der Waals surface area (Å²) >= 11 is 0. The molecule has 1 aromatic carbocycles. The summed E-state index contributed by atoms with van der Waals surface area (Å²) in [4.78, 5) is 0. The summed E-state index contributed by atoms with van der Waals surface area (Å²) in [7, 11) is 0. The maximum atomic E-state index is 12.9. The normalized spacial score (nSPS) is 13.9. The number of aliphatic hydroxyl groups excluding tert-OH is 1. The van der Waals surface area contributed by atoms with Crippen molar-refractivity contribution in [3.05, 3.63) is 35.4 Å². The van der Waals surface area contributed by atoms with E-state index in [-0.39, 0.29) is 12.2 Å². The van der Waals surface area contributed by atoms with Crippen LogP contribution in [0.3, 0.4) is 0 Å². The SMILES string of the molecule is CC(C)(C)OCC(O)c1cc(F)cc(F)c1. The first kappa shape index (κ1) is 13.1. The number of benzene rings is 1. The number of ether oxygens (including phenoxy) is 1. The Morgan fingerprint density at radius 2 is 1.69 bits per heavy atom. The predicted octanol–water partition coefficient (Wildman–Crippen LogP) is 2.81. The maximum absolute atomic E-state index is 12.9. The standard InChI is InChI=1S/C12H16F2O2/c1-12(2,3)16-7-11(15)8-4-9(13)6-10(14)5-8/h4-6,11,15H,7H2,1-3H3. The van der Waals surface area contributed by atoms with Crippen LogP contribution in [0.2, 0.25) is 0 Å². The highest BCUT2D eigenvalue weighted by Crippen LogP contribution is 2.18. The third-order valence-corrected chi connectivity index (χ3v) is 1.94. The summed E-state index contributed by atoms with van der Waals surface area (Å²) in [6.07, 6.45) is -1.02. The topological polar surface area (TPSA) is 29.5 Å². The minimum Gasteiger partial charge on any atom is -0.386 e. The van der Waals surface area contributed by atoms with Gasteiger partial charge in [0.05, 0.1) is 12.2 Å². The largest absolute Gasteiger partial charge is 0.386 e. The highest BCUT2D eigenvalue weighted by Gasteiger charge is 2.16. The first-order valence-electron chi connectivity index (χ1n) is 5.06. The second kappa shape index (κ2) is 4.89. The van der Waals surface area contributed by atoms with Crippen LogP contribution in [0.15, 0.2) is 18.2 Å². The highest BCUT2D eigenvalue weighted by molar-refractivity contribution is 5.20. The summed E-state index contributed by atoms with van der Waals surface area (Å²) in [6, 6.07) is 2.96. The number of aliphatic hydroxyl groups is 1. The van der Waals surface area contributed by atoms with E-state index in [1.165, 1.54) is 0 Å². The Balaban J connectivity index is 2.69. The monoisotopic (exact) mass is 230 g/mol. The summed E-state index contributed by atoms with van der Waals surface area (Å²) in [6.45, 7) is 5.52. The number of hydrogen-bond acceptors (Lipinski definition) is 2. The van der Waals surface area contributed by atoms with E-state index in [0.717, 1.165) is 18.2 Å². The van der Waals surface area contributed by atoms with Gasteiger partial charge in [-0.05, 0) is 38.5 Å². The molecular weight excluding hydrogens is 214 g/mol. The Kier molecular flexibility index (Phi) is 3.99. The molecule has 1 atom stereocenters. The van der Waals surface area contributed by atoms with Crippen LogP contribution in [-0.2, 0) is 4.74 Å². The number of hydrogen-bond donors (Lipinski definition) is 1. The van der Waals surface area contributed by atoms with Crippen LogP contribution in [0.25, 0.3) is 0 Å². The fourth-order valence-corrected chi connectivity index (χ4v) is 1.19. The minimum atomic E-state index is -1.02. The zero-order valence-electron chi connectivity index (χ0n) is 9.63. The molecule has 1 N–H and O–H groups in total. The molecule has 0 amide bonds. The van der Waals surface area contributed by atoms with E-state index < -0.39 is 23.3 Å². The molecule has 90 valence electrons. The van der Waals surface area contributed by atoms with Crippen molar-refractivity contribution in [1.82, 2.24) is 0 Å². The molecular formula is C12H16F2O2. The smallest absolute Gasteiger partial charge is 0.126 e. The van der Waals surface area contributed by atoms with Crippen molar-refractivity contribution in [3.63, 3.8) is 0 Å². The average Bonchev–Trinajstić information content (AvgIpc) is 2.11. The van der Waals surface area contributed by atoms with Crippen molar-refractivity contribution in [2.24, 2.45) is 0 Å². The van der Waals surface area contributed by atoms with Gasteiger partial charge in [-0.25, -0.2) is 8.78 Å². The second-order valence-corrected chi connectivity index (χ2v) is 4.64. The van der Waals surface area contributed by atoms with Gasteiger partial charge in [-0.15, -0.1) is 0 Å². The van der Waals surface area contributed by atoms with Crippen molar-refractivity contribution in [1.29, 1.82) is 0 Å². The van der Waals surface area contributed by atoms with Crippen molar-refractivity contribution in [3.8, 4) is 0 Å². The molecule has 0 spiro atoms. The Hall–Kier alpha value is -1.00. The quantitative estimate of drug-likeness (QED) is 0.865. The van der Waals surface area contributed by atoms with E-state index in [0.29, 0.717) is 0 Å². The zero-order valence-corrected chi connectivity index (χ0v) is 9.63. The third kappa shape index (κ3) is 4.24. The molecule has 0 bridgehead atoms. The van der Waals surface area contributed by atoms with Crippen molar-refractivity contribution in [2.45, 2.75) is 32.5 Å². The minimum absolute atomic E-state index is 0.00634. The Labute approximate surface area is 93.9 Å². The molecule has 1 rings (SSSR count). The lowest BCUT2D eigenvalue weighted by atomic mass is 10.1. The van der Waals surface area contributed by atoms with Crippen molar-refractivity contribution in [2.75, 3.05) is 6.61 Å². The van der Waals surface area contributed by atoms with Gasteiger partial charge in [0.15, 0.2) is 0 Å². The Morgan fingerprint density at radius 3 is 2.12 bits per heavy atom. The van der Waals surface area contributed by atoms with Crippen LogP contribution in [0.4, 0.5) is 8.78 Å². The van der Waals surface area contributed by atoms with Crippen LogP contribution < -0.4 is 0 Å². The lowest BCUT2D eigenvalue weighted by Crippen LogP contribution is -2.22. The summed E-state index contributed by atoms with van der Waals surface area (Å²) < 4.78 is 31.1. The van der Waals surface area contributed by atoms with E-state index in [1.807, 2.05) is 20.8 Å². The van der Waals surface area contributed by atoms with Crippen LogP contribution in [0.1, 0.15) is 32.4 Å². The van der Waals surface area contributed by atoms with Gasteiger partial charge in [-0.2, -0.15) is 0 Å². The molecule has 0 saturated heterocycles. The second-order valence-electron chi connectivity index (χ2n) is 4.64. The predicted molar refractivity (Wildman–Crippen MR) is 57.0 cm³/mol. The van der Waals surface area contributed by atoms with Gasteiger partial charge in [0.2, 0.25) is 0 Å². The van der Waals surface area contributed by atoms with Crippen LogP contribution in [-0.4, -0.2) is 17.3 Å². The molecule has 2 nitrogen and oxygen atoms in total. The van der Waals surface area contributed by atoms with Gasteiger partial charge in [-0.3, -0.25) is 0 Å². The van der Waals surface area contributed by atoms with E-state index in [4.69, 9.17) is 4.74 Å². The average molecular weight is 230 g/mol. The van der Waals surface area contributed by atoms with Gasteiger partial charge < -0.3 is 9.84 Å². The summed E-state index contributed by atoms with van der Waals surface area (Å²) in [5.41, 5.74) is -0.214. The van der Waals surface area contributed by atoms with Gasteiger partial charge >= 0.3 is 0 Å². The molecule has 1 aromatic rings. The first-order valence-corrected chi connectivity index (χ1v) is 5.06. The van der Waals surface area contributed by atoms with E-state index in [2.05, 4.69) is 0 Å². The van der Waals surface area contributed by atoms with Crippen molar-refractivity contribution < 1.29 is 18.6 Å². The van der Waals surface area contributed by atoms with E-state index >= 15 is 0 Å². The molecule has 0 radical (unpaired) electrons. The van der Waals surface area contributed by atoms with Crippen LogP contribution in [0.5, 0.6) is 0 Å². The molecule has 0 aromatic heterocycles. The molecule has 0 aliphatic heterocycles. The number of halogens is 2. The number of rotatable bonds is 3. The van der Waals surface area contributed by atoms with Gasteiger partial charge in [0, 0.05) is 6.07 Å². The summed E-state index contributed by atoms with van der Waals surface area (Å²) in [5, 5.41) is 9.67. The van der Waals surface area contributed by atoms with Gasteiger partial charge in [-0.1, -0.05) is 0 Å². The molecule has 0 heterocycles. The van der Waals surface area contributed by atoms with Crippen LogP contribution >= 0.6 is 0 Å². The van der Waals surface area contributed by atoms with Crippen molar-refractivity contribution >= 4 is 0 Å². The fourth-order valence-electron chi connectivity index (χ4n) is 1.19. The molecule has 0 aliphatic rings. The fraction of sp³-hybridized carbons (Fsp3) is 0.500. The van der Waals surface area contributed by atoms with E-state index in [9.17, 15) is 13.9 Å². The molecule has 0 fully saturated rings. The molecule has 1 unspecified atom stereocenters. The molecule has 16 heavy (non-hydrogen) atoms. The van der Waals surface area contributed by atoms with Gasteiger partial charge in [0.25, 0.3) is 0 Å². The summed E-state index contributed by atoms with van der Waals surface area (Å²) in [5.74, 6) is -1.41. The zero-order chi connectivity index (χ0) is 12.3. The maximum Gasteiger partial charge on any atom is 0.126 e. The Morgan fingerprint density at radius 1 is 1.19 bits per heavy atom. The highest BCUT2D eigenvalue weighted by atomic mass is 19.1. The van der Waals surface area contributed by atoms with Gasteiger partial charge in [0.1, 0.15) is 17.7 Å². The van der Waals surface area contributed by atoms with E-state index in [1.54, 1.807) is 0 Å². The third-order valence-electron chi connectivity index (χ3n) is 1.94. The lowest BCUT2D eigenvalue weighted by Gasteiger charge is -2.22. The lowest BCUT2D eigenvalue weighted by molar-refractivity contribution is -0.0497. The Bertz CT molecular complexity index is 338.